The number of hydrogen-bond donors (Lipinski definition) is 0. The Morgan fingerprint density at radius 3 is 2.50 bits per heavy atom. The number of aliphatic imine (C=N–C) groups is 1. The summed E-state index contributed by atoms with van der Waals surface area (Å²) in [7, 11) is 1.49. The van der Waals surface area contributed by atoms with E-state index in [1.165, 1.54) is 25.3 Å². The number of nitro groups is 1. The molecule has 0 saturated heterocycles. The van der Waals surface area contributed by atoms with Crippen molar-refractivity contribution in [2.75, 3.05) is 26.9 Å². The van der Waals surface area contributed by atoms with Crippen LogP contribution in [-0.4, -0.2) is 49.5 Å². The van der Waals surface area contributed by atoms with Crippen LogP contribution in [0.5, 0.6) is 0 Å². The van der Waals surface area contributed by atoms with Gasteiger partial charge in [-0.15, -0.1) is 0 Å². The molecule has 2 unspecified atom stereocenters. The Labute approximate surface area is 209 Å². The molecule has 0 radical (unpaired) electrons. The third kappa shape index (κ3) is 6.51. The molecule has 0 N–H and O–H groups in total. The summed E-state index contributed by atoms with van der Waals surface area (Å²) in [5.74, 6) is -3.10. The van der Waals surface area contributed by atoms with Crippen LogP contribution in [0.25, 0.3) is 6.08 Å². The molecular formula is C27H28N2O7. The average molecular weight is 493 g/mol. The molecule has 0 amide bonds. The van der Waals surface area contributed by atoms with Gasteiger partial charge in [-0.25, -0.2) is 4.79 Å². The third-order valence-corrected chi connectivity index (χ3v) is 5.69. The molecule has 188 valence electrons. The molecule has 0 aliphatic carbocycles. The lowest BCUT2D eigenvalue weighted by Crippen LogP contribution is -2.37. The van der Waals surface area contributed by atoms with Crippen molar-refractivity contribution >= 4 is 29.4 Å². The van der Waals surface area contributed by atoms with Crippen LogP contribution >= 0.6 is 0 Å². The second kappa shape index (κ2) is 12.6. The molecule has 1 heterocycles. The lowest BCUT2D eigenvalue weighted by Gasteiger charge is -2.31. The van der Waals surface area contributed by atoms with Gasteiger partial charge < -0.3 is 14.2 Å². The first-order valence-electron chi connectivity index (χ1n) is 11.4. The molecule has 2 aromatic carbocycles. The van der Waals surface area contributed by atoms with Crippen LogP contribution < -0.4 is 0 Å². The normalized spacial score (nSPS) is 17.6. The van der Waals surface area contributed by atoms with E-state index in [0.717, 1.165) is 5.56 Å². The van der Waals surface area contributed by atoms with Crippen LogP contribution in [0.3, 0.4) is 0 Å². The summed E-state index contributed by atoms with van der Waals surface area (Å²) in [6, 6.07) is 15.4. The molecule has 2 atom stereocenters. The van der Waals surface area contributed by atoms with Crippen molar-refractivity contribution in [1.29, 1.82) is 0 Å². The molecule has 9 nitrogen and oxygen atoms in total. The van der Waals surface area contributed by atoms with Gasteiger partial charge >= 0.3 is 11.9 Å². The minimum absolute atomic E-state index is 0.00217. The van der Waals surface area contributed by atoms with Crippen molar-refractivity contribution in [3.63, 3.8) is 0 Å². The molecule has 9 heteroatoms. The van der Waals surface area contributed by atoms with E-state index in [4.69, 9.17) is 14.2 Å². The van der Waals surface area contributed by atoms with Crippen molar-refractivity contribution in [3.05, 3.63) is 93.2 Å². The van der Waals surface area contributed by atoms with Gasteiger partial charge in [0.1, 0.15) is 19.1 Å². The van der Waals surface area contributed by atoms with Crippen LogP contribution in [0.15, 0.2) is 76.9 Å². The lowest BCUT2D eigenvalue weighted by molar-refractivity contribution is -0.384. The summed E-state index contributed by atoms with van der Waals surface area (Å²) in [4.78, 5) is 41.7. The highest BCUT2D eigenvalue weighted by atomic mass is 16.6. The number of non-ortho nitro benzene ring substituents is 1. The lowest BCUT2D eigenvalue weighted by atomic mass is 9.75. The zero-order valence-electron chi connectivity index (χ0n) is 20.4. The highest BCUT2D eigenvalue weighted by Gasteiger charge is 2.42. The zero-order valence-corrected chi connectivity index (χ0v) is 20.4. The molecule has 0 bridgehead atoms. The van der Waals surface area contributed by atoms with Gasteiger partial charge in [0.25, 0.3) is 5.69 Å². The maximum Gasteiger partial charge on any atom is 0.336 e. The Bertz CT molecular complexity index is 1200. The summed E-state index contributed by atoms with van der Waals surface area (Å²) in [6.07, 6.45) is 3.53. The van der Waals surface area contributed by atoms with E-state index in [2.05, 4.69) is 4.99 Å². The van der Waals surface area contributed by atoms with Gasteiger partial charge in [-0.1, -0.05) is 48.5 Å². The molecule has 1 aliphatic heterocycles. The van der Waals surface area contributed by atoms with Crippen molar-refractivity contribution in [2.45, 2.75) is 19.8 Å². The number of benzene rings is 2. The third-order valence-electron chi connectivity index (χ3n) is 5.69. The maximum absolute atomic E-state index is 13.3. The van der Waals surface area contributed by atoms with E-state index >= 15 is 0 Å². The number of methoxy groups -OCH3 is 1. The van der Waals surface area contributed by atoms with E-state index < -0.39 is 28.7 Å². The number of allylic oxidation sites excluding steroid dienone is 1. The van der Waals surface area contributed by atoms with Crippen molar-refractivity contribution in [3.8, 4) is 0 Å². The Balaban J connectivity index is 1.94. The summed E-state index contributed by atoms with van der Waals surface area (Å²) >= 11 is 0. The van der Waals surface area contributed by atoms with Crippen LogP contribution in [-0.2, 0) is 23.8 Å². The van der Waals surface area contributed by atoms with Crippen molar-refractivity contribution in [2.24, 2.45) is 10.9 Å². The van der Waals surface area contributed by atoms with Gasteiger partial charge in [-0.05, 0) is 31.1 Å². The monoisotopic (exact) mass is 492 g/mol. The topological polar surface area (TPSA) is 117 Å². The molecule has 0 aromatic heterocycles. The highest BCUT2D eigenvalue weighted by Crippen LogP contribution is 2.41. The van der Waals surface area contributed by atoms with Crippen LogP contribution in [0.2, 0.25) is 0 Å². The fourth-order valence-electron chi connectivity index (χ4n) is 4.06. The van der Waals surface area contributed by atoms with E-state index in [0.29, 0.717) is 17.0 Å². The van der Waals surface area contributed by atoms with Gasteiger partial charge in [-0.2, -0.15) is 0 Å². The number of nitrogens with zero attached hydrogens (tertiary/aromatic N) is 2. The SMILES string of the molecule is COCCOC(=O)C1C(C)=NC(C)=C(C(=O)OC/C=C/c2ccccc2)C1c1cccc([N+](=O)[O-])c1. The molecule has 2 aromatic rings. The standard InChI is InChI=1S/C27H28N2O7/c1-18-23(26(30)35-14-8-11-20-9-5-4-6-10-20)25(21-12-7-13-22(17-21)29(32)33)24(19(2)28-18)27(31)36-16-15-34-3/h4-13,17,24-25H,14-16H2,1-3H3/b11-8+. The summed E-state index contributed by atoms with van der Waals surface area (Å²) < 4.78 is 15.8. The Morgan fingerprint density at radius 1 is 1.06 bits per heavy atom. The predicted molar refractivity (Wildman–Crippen MR) is 134 cm³/mol. The minimum atomic E-state index is -0.963. The van der Waals surface area contributed by atoms with E-state index in [9.17, 15) is 19.7 Å². The van der Waals surface area contributed by atoms with Gasteiger partial charge in [-0.3, -0.25) is 19.9 Å². The van der Waals surface area contributed by atoms with Crippen molar-refractivity contribution < 1.29 is 28.7 Å². The molecule has 0 spiro atoms. The number of carbonyl (C=O) groups is 2. The maximum atomic E-state index is 13.3. The van der Waals surface area contributed by atoms with Gasteiger partial charge in [0.05, 0.1) is 17.1 Å². The first kappa shape index (κ1) is 26.5. The Kier molecular flexibility index (Phi) is 9.24. The molecule has 0 saturated carbocycles. The van der Waals surface area contributed by atoms with Crippen molar-refractivity contribution in [1.82, 2.24) is 0 Å². The quantitative estimate of drug-likeness (QED) is 0.208. The summed E-state index contributed by atoms with van der Waals surface area (Å²) in [5, 5.41) is 11.4. The molecular weight excluding hydrogens is 464 g/mol. The average Bonchev–Trinajstić information content (AvgIpc) is 2.86. The number of esters is 2. The largest absolute Gasteiger partial charge is 0.463 e. The van der Waals surface area contributed by atoms with Crippen LogP contribution in [0, 0.1) is 16.0 Å². The van der Waals surface area contributed by atoms with Gasteiger partial charge in [0.15, 0.2) is 0 Å². The summed E-state index contributed by atoms with van der Waals surface area (Å²) in [6.45, 7) is 3.54. The fourth-order valence-corrected chi connectivity index (χ4v) is 4.06. The summed E-state index contributed by atoms with van der Waals surface area (Å²) in [5.41, 5.74) is 2.18. The highest BCUT2D eigenvalue weighted by molar-refractivity contribution is 6.07. The fraction of sp³-hybridized carbons (Fsp3) is 0.296. The number of ether oxygens (including phenoxy) is 3. The smallest absolute Gasteiger partial charge is 0.336 e. The minimum Gasteiger partial charge on any atom is -0.463 e. The van der Waals surface area contributed by atoms with E-state index in [1.54, 1.807) is 26.0 Å². The number of nitro benzene ring substituents is 1. The Morgan fingerprint density at radius 2 is 1.81 bits per heavy atom. The predicted octanol–water partition coefficient (Wildman–Crippen LogP) is 4.49. The van der Waals surface area contributed by atoms with E-state index in [-0.39, 0.29) is 31.1 Å². The number of carbonyl (C=O) groups excluding carboxylic acids is 2. The van der Waals surface area contributed by atoms with Gasteiger partial charge in [0, 0.05) is 36.6 Å². The van der Waals surface area contributed by atoms with Crippen LogP contribution in [0.4, 0.5) is 5.69 Å². The molecule has 3 rings (SSSR count). The van der Waals surface area contributed by atoms with E-state index in [1.807, 2.05) is 36.4 Å². The first-order chi connectivity index (χ1) is 17.3. The number of rotatable bonds is 10. The van der Waals surface area contributed by atoms with Crippen LogP contribution in [0.1, 0.15) is 30.9 Å². The second-order valence-corrected chi connectivity index (χ2v) is 8.13. The first-order valence-corrected chi connectivity index (χ1v) is 11.4. The Hall–Kier alpha value is -4.11. The number of hydrogen-bond acceptors (Lipinski definition) is 8. The molecule has 1 aliphatic rings. The second-order valence-electron chi connectivity index (χ2n) is 8.13. The molecule has 36 heavy (non-hydrogen) atoms. The molecule has 0 fully saturated rings. The zero-order chi connectivity index (χ0) is 26.1. The van der Waals surface area contributed by atoms with Gasteiger partial charge in [0.2, 0.25) is 0 Å².